The van der Waals surface area contributed by atoms with Gasteiger partial charge >= 0.3 is 17.9 Å². The van der Waals surface area contributed by atoms with E-state index in [4.69, 9.17) is 18.9 Å². The number of benzene rings is 3. The molecule has 0 unspecified atom stereocenters. The highest BCUT2D eigenvalue weighted by molar-refractivity contribution is 14.1. The Hall–Kier alpha value is -3.24. The third kappa shape index (κ3) is 6.07. The highest BCUT2D eigenvalue weighted by atomic mass is 127. The second-order valence-electron chi connectivity index (χ2n) is 7.90. The van der Waals surface area contributed by atoms with Gasteiger partial charge in [0.1, 0.15) is 0 Å². The molecule has 7 nitrogen and oxygen atoms in total. The fourth-order valence-corrected chi connectivity index (χ4v) is 4.32. The van der Waals surface area contributed by atoms with Crippen molar-refractivity contribution in [3.63, 3.8) is 0 Å². The quantitative estimate of drug-likeness (QED) is 0.177. The summed E-state index contributed by atoms with van der Waals surface area (Å²) < 4.78 is 22.8. The van der Waals surface area contributed by atoms with Gasteiger partial charge in [-0.15, -0.1) is 0 Å². The zero-order chi connectivity index (χ0) is 24.8. The van der Waals surface area contributed by atoms with Crippen LogP contribution in [0.5, 0.6) is 0 Å². The van der Waals surface area contributed by atoms with Gasteiger partial charge in [-0.05, 0) is 43.3 Å². The third-order valence-corrected chi connectivity index (χ3v) is 7.16. The van der Waals surface area contributed by atoms with Crippen LogP contribution < -0.4 is 0 Å². The first-order chi connectivity index (χ1) is 16.9. The van der Waals surface area contributed by atoms with Crippen molar-refractivity contribution in [3.05, 3.63) is 108 Å². The number of alkyl halides is 1. The van der Waals surface area contributed by atoms with E-state index < -0.39 is 42.5 Å². The molecule has 0 aliphatic carbocycles. The van der Waals surface area contributed by atoms with E-state index in [1.165, 1.54) is 0 Å². The molecule has 8 heteroatoms. The Kier molecular flexibility index (Phi) is 8.14. The first-order valence-corrected chi connectivity index (χ1v) is 12.3. The fraction of sp³-hybridized carbons (Fsp3) is 0.222. The van der Waals surface area contributed by atoms with Crippen molar-refractivity contribution in [2.24, 2.45) is 0 Å². The first-order valence-electron chi connectivity index (χ1n) is 11.0. The van der Waals surface area contributed by atoms with Crippen molar-refractivity contribution in [2.45, 2.75) is 35.5 Å². The highest BCUT2D eigenvalue weighted by Gasteiger charge is 2.50. The smallest absolute Gasteiger partial charge is 0.340 e. The Morgan fingerprint density at radius 2 is 1.00 bits per heavy atom. The lowest BCUT2D eigenvalue weighted by atomic mass is 10.0. The molecule has 3 aromatic rings. The average Bonchev–Trinajstić information content (AvgIpc) is 2.90. The van der Waals surface area contributed by atoms with Crippen LogP contribution in [-0.2, 0) is 18.9 Å². The molecule has 0 bridgehead atoms. The molecule has 0 radical (unpaired) electrons. The molecule has 1 saturated heterocycles. The van der Waals surface area contributed by atoms with Crippen LogP contribution in [0.2, 0.25) is 0 Å². The van der Waals surface area contributed by atoms with Gasteiger partial charge in [-0.2, -0.15) is 0 Å². The molecule has 0 amide bonds. The van der Waals surface area contributed by atoms with E-state index in [2.05, 4.69) is 22.6 Å². The predicted molar refractivity (Wildman–Crippen MR) is 135 cm³/mol. The zero-order valence-corrected chi connectivity index (χ0v) is 20.9. The molecule has 5 atom stereocenters. The molecule has 0 N–H and O–H groups in total. The van der Waals surface area contributed by atoms with Crippen molar-refractivity contribution >= 4 is 40.5 Å². The maximum Gasteiger partial charge on any atom is 0.340 e. The van der Waals surface area contributed by atoms with Gasteiger partial charge in [-0.3, -0.25) is 0 Å². The number of carbonyl (C=O) groups excluding carboxylic acids is 3. The second-order valence-corrected chi connectivity index (χ2v) is 9.34. The summed E-state index contributed by atoms with van der Waals surface area (Å²) >= 11 is 2.10. The third-order valence-electron chi connectivity index (χ3n) is 5.44. The van der Waals surface area contributed by atoms with E-state index in [-0.39, 0.29) is 3.92 Å². The summed E-state index contributed by atoms with van der Waals surface area (Å²) in [5.74, 6) is -1.89. The molecule has 35 heavy (non-hydrogen) atoms. The summed E-state index contributed by atoms with van der Waals surface area (Å²) in [4.78, 5) is 38.6. The number of hydrogen-bond acceptors (Lipinski definition) is 7. The lowest BCUT2D eigenvalue weighted by molar-refractivity contribution is -0.236. The summed E-state index contributed by atoms with van der Waals surface area (Å²) in [5.41, 5.74) is 0.963. The summed E-state index contributed by atoms with van der Waals surface area (Å²) in [6.45, 7) is 1.78. The number of halogens is 1. The van der Waals surface area contributed by atoms with Gasteiger partial charge in [0.15, 0.2) is 6.10 Å². The predicted octanol–water partition coefficient (Wildman–Crippen LogP) is 4.84. The van der Waals surface area contributed by atoms with E-state index in [0.717, 1.165) is 0 Å². The second kappa shape index (κ2) is 11.5. The number of esters is 3. The molecule has 1 heterocycles. The summed E-state index contributed by atoms with van der Waals surface area (Å²) in [5, 5.41) is 0. The molecule has 0 spiro atoms. The Labute approximate surface area is 216 Å². The van der Waals surface area contributed by atoms with Crippen LogP contribution in [-0.4, -0.2) is 46.4 Å². The number of rotatable bonds is 6. The number of ether oxygens (including phenoxy) is 4. The van der Waals surface area contributed by atoms with E-state index in [1.54, 1.807) is 97.9 Å². The normalized spacial score (nSPS) is 23.7. The van der Waals surface area contributed by atoms with Crippen molar-refractivity contribution < 1.29 is 33.3 Å². The van der Waals surface area contributed by atoms with Crippen LogP contribution in [0.25, 0.3) is 0 Å². The lowest BCUT2D eigenvalue weighted by Gasteiger charge is -2.42. The van der Waals surface area contributed by atoms with Crippen molar-refractivity contribution in [3.8, 4) is 0 Å². The molecule has 3 aromatic carbocycles. The topological polar surface area (TPSA) is 88.1 Å². The van der Waals surface area contributed by atoms with Crippen LogP contribution in [0, 0.1) is 0 Å². The molecule has 180 valence electrons. The minimum absolute atomic E-state index is 0.303. The number of hydrogen-bond donors (Lipinski definition) is 0. The van der Waals surface area contributed by atoms with Gasteiger partial charge in [0, 0.05) is 0 Å². The fourth-order valence-electron chi connectivity index (χ4n) is 3.60. The molecular formula is C27H23IO7. The molecule has 1 fully saturated rings. The highest BCUT2D eigenvalue weighted by Crippen LogP contribution is 2.33. The van der Waals surface area contributed by atoms with Gasteiger partial charge in [-0.25, -0.2) is 14.4 Å². The first kappa shape index (κ1) is 24.9. The number of carbonyl (C=O) groups is 3. The zero-order valence-electron chi connectivity index (χ0n) is 18.8. The maximum absolute atomic E-state index is 12.9. The van der Waals surface area contributed by atoms with Gasteiger partial charge in [0.25, 0.3) is 0 Å². The van der Waals surface area contributed by atoms with Crippen LogP contribution >= 0.6 is 22.6 Å². The molecule has 4 rings (SSSR count). The average molecular weight is 586 g/mol. The van der Waals surface area contributed by atoms with E-state index >= 15 is 0 Å². The maximum atomic E-state index is 12.9. The van der Waals surface area contributed by atoms with Gasteiger partial charge in [-0.1, -0.05) is 77.2 Å². The van der Waals surface area contributed by atoms with Crippen LogP contribution in [0.3, 0.4) is 0 Å². The minimum Gasteiger partial charge on any atom is -0.453 e. The van der Waals surface area contributed by atoms with E-state index in [0.29, 0.717) is 16.7 Å². The summed E-state index contributed by atoms with van der Waals surface area (Å²) in [6.07, 6.45) is -3.89. The standard InChI is InChI=1S/C27H23IO7/c1-17-21(28)22(33-24(29)18-11-5-2-6-12-18)23(34-25(30)19-13-7-3-8-14-19)27(32-17)35-26(31)20-15-9-4-10-16-20/h2-17,21-23,27H,1H3/t17-,21+,22-,23+,27+/m0/s1. The Morgan fingerprint density at radius 3 is 1.43 bits per heavy atom. The van der Waals surface area contributed by atoms with Crippen molar-refractivity contribution in [2.75, 3.05) is 0 Å². The van der Waals surface area contributed by atoms with Crippen LogP contribution in [0.15, 0.2) is 91.0 Å². The van der Waals surface area contributed by atoms with Gasteiger partial charge < -0.3 is 18.9 Å². The Balaban J connectivity index is 1.63. The summed E-state index contributed by atoms with van der Waals surface area (Å²) in [6, 6.07) is 25.3. The molecule has 1 aliphatic rings. The van der Waals surface area contributed by atoms with Gasteiger partial charge in [0.2, 0.25) is 12.4 Å². The van der Waals surface area contributed by atoms with Crippen LogP contribution in [0.4, 0.5) is 0 Å². The van der Waals surface area contributed by atoms with Crippen molar-refractivity contribution in [1.82, 2.24) is 0 Å². The van der Waals surface area contributed by atoms with E-state index in [9.17, 15) is 14.4 Å². The SMILES string of the molecule is C[C@@H]1O[C@H](OC(=O)c2ccccc2)[C@H](OC(=O)c2ccccc2)[C@@H](OC(=O)c2ccccc2)[C@@H]1I. The lowest BCUT2D eigenvalue weighted by Crippen LogP contribution is -2.58. The van der Waals surface area contributed by atoms with Gasteiger partial charge in [0.05, 0.1) is 26.7 Å². The Morgan fingerprint density at radius 1 is 0.629 bits per heavy atom. The molecule has 0 saturated carbocycles. The summed E-state index contributed by atoms with van der Waals surface area (Å²) in [7, 11) is 0. The van der Waals surface area contributed by atoms with Crippen LogP contribution in [0.1, 0.15) is 38.0 Å². The minimum atomic E-state index is -1.29. The molecular weight excluding hydrogens is 563 g/mol. The molecule has 1 aliphatic heterocycles. The largest absolute Gasteiger partial charge is 0.453 e. The monoisotopic (exact) mass is 586 g/mol. The molecule has 0 aromatic heterocycles. The van der Waals surface area contributed by atoms with E-state index in [1.807, 2.05) is 0 Å². The van der Waals surface area contributed by atoms with Crippen molar-refractivity contribution in [1.29, 1.82) is 0 Å². The Bertz CT molecular complexity index is 1150.